The molecule has 0 bridgehead atoms. The molecule has 10 nitrogen and oxygen atoms in total. The van der Waals surface area contributed by atoms with Gasteiger partial charge in [0.05, 0.1) is 38.7 Å². The lowest BCUT2D eigenvalue weighted by molar-refractivity contribution is -0.129. The maximum Gasteiger partial charge on any atom is 0.355 e. The van der Waals surface area contributed by atoms with E-state index in [2.05, 4.69) is 21.5 Å². The molecule has 234 valence electrons. The second-order valence-electron chi connectivity index (χ2n) is 11.5. The van der Waals surface area contributed by atoms with Gasteiger partial charge in [-0.1, -0.05) is 43.6 Å². The number of carbonyl (C=O) groups is 1. The van der Waals surface area contributed by atoms with Gasteiger partial charge >= 0.3 is 5.69 Å². The summed E-state index contributed by atoms with van der Waals surface area (Å²) < 4.78 is 39.7. The number of piperazine rings is 1. The molecule has 2 aliphatic rings. The van der Waals surface area contributed by atoms with Crippen LogP contribution >= 0.6 is 23.2 Å². The van der Waals surface area contributed by atoms with Crippen LogP contribution in [0.15, 0.2) is 35.8 Å². The Morgan fingerprint density at radius 1 is 1.20 bits per heavy atom. The van der Waals surface area contributed by atoms with Crippen LogP contribution in [0.3, 0.4) is 0 Å². The highest BCUT2D eigenvalue weighted by Crippen LogP contribution is 2.45. The number of aryl methyl sites for hydroxylation is 1. The molecule has 0 saturated carbocycles. The van der Waals surface area contributed by atoms with Gasteiger partial charge in [0.15, 0.2) is 23.0 Å². The number of rotatable bonds is 4. The fraction of sp³-hybridized carbons (Fsp3) is 0.323. The van der Waals surface area contributed by atoms with Gasteiger partial charge in [-0.3, -0.25) is 9.78 Å². The largest absolute Gasteiger partial charge is 0.487 e. The molecule has 2 aliphatic heterocycles. The van der Waals surface area contributed by atoms with E-state index in [1.165, 1.54) is 10.6 Å². The number of amides is 1. The summed E-state index contributed by atoms with van der Waals surface area (Å²) in [5, 5.41) is -0.409. The average molecular weight is 657 g/mol. The number of anilines is 2. The van der Waals surface area contributed by atoms with Gasteiger partial charge in [0.1, 0.15) is 23.5 Å². The Morgan fingerprint density at radius 3 is 2.62 bits per heavy atom. The lowest BCUT2D eigenvalue weighted by Gasteiger charge is -2.44. The maximum atomic E-state index is 16.7. The Hall–Kier alpha value is -4.29. The van der Waals surface area contributed by atoms with Crippen LogP contribution < -0.4 is 21.1 Å². The molecule has 1 saturated heterocycles. The molecule has 3 aromatic heterocycles. The summed E-state index contributed by atoms with van der Waals surface area (Å²) in [6, 6.07) is 2.03. The van der Waals surface area contributed by atoms with Crippen molar-refractivity contribution < 1.29 is 18.3 Å². The zero-order valence-corrected chi connectivity index (χ0v) is 26.4. The van der Waals surface area contributed by atoms with Crippen molar-refractivity contribution in [3.05, 3.63) is 74.4 Å². The quantitative estimate of drug-likeness (QED) is 0.176. The van der Waals surface area contributed by atoms with Crippen molar-refractivity contribution in [1.82, 2.24) is 24.4 Å². The minimum Gasteiger partial charge on any atom is -0.487 e. The molecule has 4 aromatic rings. The fourth-order valence-corrected chi connectivity index (χ4v) is 6.52. The first kappa shape index (κ1) is 30.7. The van der Waals surface area contributed by atoms with Crippen LogP contribution in [-0.2, 0) is 4.79 Å². The normalized spacial score (nSPS) is 17.7. The summed E-state index contributed by atoms with van der Waals surface area (Å²) in [6.07, 6.45) is 2.86. The molecule has 14 heteroatoms. The number of hydrogen-bond donors (Lipinski definition) is 1. The van der Waals surface area contributed by atoms with Crippen LogP contribution in [-0.4, -0.2) is 62.1 Å². The fourth-order valence-electron chi connectivity index (χ4n) is 6.06. The van der Waals surface area contributed by atoms with Crippen molar-refractivity contribution in [3.63, 3.8) is 0 Å². The topological polar surface area (TPSA) is 119 Å². The number of fused-ring (bicyclic) bond motifs is 2. The van der Waals surface area contributed by atoms with E-state index in [1.807, 2.05) is 25.7 Å². The lowest BCUT2D eigenvalue weighted by Crippen LogP contribution is -2.60. The first-order chi connectivity index (χ1) is 21.3. The highest BCUT2D eigenvalue weighted by atomic mass is 35.5. The van der Waals surface area contributed by atoms with E-state index in [4.69, 9.17) is 33.7 Å². The predicted octanol–water partition coefficient (Wildman–Crippen LogP) is 5.43. The smallest absolute Gasteiger partial charge is 0.355 e. The van der Waals surface area contributed by atoms with Crippen LogP contribution in [0.25, 0.3) is 28.0 Å². The highest BCUT2D eigenvalue weighted by molar-refractivity contribution is 6.37. The zero-order chi connectivity index (χ0) is 32.5. The molecule has 1 amide bonds. The van der Waals surface area contributed by atoms with E-state index >= 15 is 8.78 Å². The molecule has 1 fully saturated rings. The van der Waals surface area contributed by atoms with Crippen molar-refractivity contribution >= 4 is 51.6 Å². The maximum absolute atomic E-state index is 16.7. The summed E-state index contributed by atoms with van der Waals surface area (Å²) in [7, 11) is 0. The van der Waals surface area contributed by atoms with E-state index in [9.17, 15) is 9.59 Å². The Morgan fingerprint density at radius 2 is 1.93 bits per heavy atom. The molecular weight excluding hydrogens is 627 g/mol. The molecule has 0 aliphatic carbocycles. The molecule has 0 radical (unpaired) electrons. The lowest BCUT2D eigenvalue weighted by atomic mass is 10.0. The number of nitrogen functional groups attached to an aromatic ring is 1. The number of hydrogen-bond acceptors (Lipinski definition) is 8. The third-order valence-electron chi connectivity index (χ3n) is 8.27. The van der Waals surface area contributed by atoms with Gasteiger partial charge in [-0.25, -0.2) is 23.1 Å². The summed E-state index contributed by atoms with van der Waals surface area (Å²) in [5.41, 5.74) is 5.73. The number of nitrogens with two attached hydrogens (primary N) is 1. The first-order valence-corrected chi connectivity index (χ1v) is 15.0. The predicted molar refractivity (Wildman–Crippen MR) is 170 cm³/mol. The van der Waals surface area contributed by atoms with E-state index in [-0.39, 0.29) is 70.9 Å². The molecule has 2 unspecified atom stereocenters. The molecule has 45 heavy (non-hydrogen) atoms. The Kier molecular flexibility index (Phi) is 7.68. The molecule has 1 aromatic carbocycles. The van der Waals surface area contributed by atoms with Crippen molar-refractivity contribution in [2.45, 2.75) is 45.7 Å². The van der Waals surface area contributed by atoms with Gasteiger partial charge in [0.25, 0.3) is 0 Å². The van der Waals surface area contributed by atoms with Gasteiger partial charge in [0, 0.05) is 25.3 Å². The molecule has 0 spiro atoms. The molecule has 2 N–H and O–H groups in total. The van der Waals surface area contributed by atoms with E-state index in [1.54, 1.807) is 24.1 Å². The van der Waals surface area contributed by atoms with Gasteiger partial charge in [-0.2, -0.15) is 4.98 Å². The van der Waals surface area contributed by atoms with Crippen LogP contribution in [0.2, 0.25) is 10.0 Å². The Bertz CT molecular complexity index is 1960. The van der Waals surface area contributed by atoms with Crippen LogP contribution in [0.4, 0.5) is 20.3 Å². The molecule has 2 atom stereocenters. The Balaban J connectivity index is 1.74. The minimum atomic E-state index is -1.04. The summed E-state index contributed by atoms with van der Waals surface area (Å²) >= 11 is 12.4. The number of pyridine rings is 2. The van der Waals surface area contributed by atoms with Gasteiger partial charge < -0.3 is 20.3 Å². The van der Waals surface area contributed by atoms with Crippen molar-refractivity contribution in [2.24, 2.45) is 0 Å². The van der Waals surface area contributed by atoms with Crippen LogP contribution in [0.1, 0.15) is 37.9 Å². The molecule has 5 heterocycles. The van der Waals surface area contributed by atoms with Gasteiger partial charge in [-0.05, 0) is 43.5 Å². The number of ether oxygens (including phenoxy) is 1. The average Bonchev–Trinajstić information content (AvgIpc) is 3.15. The summed E-state index contributed by atoms with van der Waals surface area (Å²) in [6.45, 7) is 11.4. The molecule has 6 rings (SSSR count). The third-order valence-corrected chi connectivity index (χ3v) is 8.85. The minimum absolute atomic E-state index is 0.0535. The van der Waals surface area contributed by atoms with Crippen molar-refractivity contribution in [3.8, 4) is 22.7 Å². The number of carbonyl (C=O) groups excluding carboxylic acids is 1. The Labute approximate surface area is 267 Å². The number of nitrogens with zero attached hydrogens (tertiary/aromatic N) is 6. The highest BCUT2D eigenvalue weighted by Gasteiger charge is 2.40. The van der Waals surface area contributed by atoms with Gasteiger partial charge in [-0.15, -0.1) is 0 Å². The second kappa shape index (κ2) is 11.3. The van der Waals surface area contributed by atoms with Gasteiger partial charge in [0.2, 0.25) is 5.91 Å². The van der Waals surface area contributed by atoms with Crippen LogP contribution in [0, 0.1) is 18.6 Å². The van der Waals surface area contributed by atoms with E-state index < -0.39 is 39.6 Å². The number of halogens is 4. The van der Waals surface area contributed by atoms with E-state index in [0.717, 1.165) is 6.07 Å². The summed E-state index contributed by atoms with van der Waals surface area (Å²) in [5.74, 6) is -2.67. The monoisotopic (exact) mass is 655 g/mol. The summed E-state index contributed by atoms with van der Waals surface area (Å²) in [4.78, 5) is 43.8. The van der Waals surface area contributed by atoms with Crippen LogP contribution in [0.5, 0.6) is 5.75 Å². The standard InChI is InChI=1S/C31H29Cl2F2N7O3/c1-6-19(43)40-11-16-12-45-28-21-29(41(16)10-15(40)5)39-31(44)42(27-14(4)7-8-37-25(27)13(2)3)30(21)38-26(23(28)35)20-22(34)17(32)9-18(33)24(20)36/h6-9,13,15-16H,1,10-12,36H2,2-5H3. The van der Waals surface area contributed by atoms with E-state index in [0.29, 0.717) is 16.9 Å². The third kappa shape index (κ3) is 4.78. The number of aromatic nitrogens is 4. The molecular formula is C31H29Cl2F2N7O3. The SMILES string of the molecule is C=CC(=O)N1CC2COc3c(F)c(-c4c(N)c(Cl)cc(Cl)c4F)nc4c3c(nc(=O)n4-c3c(C)ccnc3C(C)C)N2CC1C. The van der Waals surface area contributed by atoms with Crippen molar-refractivity contribution in [2.75, 3.05) is 30.3 Å². The number of benzene rings is 1. The zero-order valence-electron chi connectivity index (χ0n) is 24.9. The first-order valence-electron chi connectivity index (χ1n) is 14.2. The van der Waals surface area contributed by atoms with Crippen molar-refractivity contribution in [1.29, 1.82) is 0 Å². The second-order valence-corrected chi connectivity index (χ2v) is 12.3.